The fraction of sp³-hybridized carbons (Fsp3) is 1.00. The zero-order chi connectivity index (χ0) is 16.7. The summed E-state index contributed by atoms with van der Waals surface area (Å²) in [6, 6.07) is 0. The van der Waals surface area contributed by atoms with E-state index in [0.717, 1.165) is 0 Å². The molecule has 0 aromatic carbocycles. The number of unbranched alkanes of at least 4 members (excludes halogenated alkanes) is 4. The van der Waals surface area contributed by atoms with E-state index >= 15 is 0 Å². The maximum Gasteiger partial charge on any atom is 0.381 e. The third-order valence-electron chi connectivity index (χ3n) is 3.80. The summed E-state index contributed by atoms with van der Waals surface area (Å²) >= 11 is 0. The molecule has 0 unspecified atom stereocenters. The van der Waals surface area contributed by atoms with Gasteiger partial charge in [-0.05, 0) is 12.8 Å². The molecule has 1 aliphatic rings. The van der Waals surface area contributed by atoms with E-state index in [1.807, 2.05) is 0 Å². The fourth-order valence-corrected chi connectivity index (χ4v) is 2.38. The minimum absolute atomic E-state index is 0.0167. The van der Waals surface area contributed by atoms with Gasteiger partial charge in [-0.25, -0.2) is 4.39 Å². The number of rotatable bonds is 6. The lowest BCUT2D eigenvalue weighted by Gasteiger charge is -2.30. The summed E-state index contributed by atoms with van der Waals surface area (Å²) < 4.78 is 119. The molecule has 0 N–H and O–H groups in total. The van der Waals surface area contributed by atoms with Crippen LogP contribution in [0.15, 0.2) is 0 Å². The van der Waals surface area contributed by atoms with Gasteiger partial charge in [0.15, 0.2) is 0 Å². The van der Waals surface area contributed by atoms with Gasteiger partial charge in [0.1, 0.15) is 0 Å². The largest absolute Gasteiger partial charge is 0.381 e. The Labute approximate surface area is 115 Å². The molecule has 0 aromatic heterocycles. The molecule has 1 rings (SSSR count). The Balaban J connectivity index is 3.03. The average molecular weight is 330 g/mol. The minimum atomic E-state index is -6.44. The summed E-state index contributed by atoms with van der Waals surface area (Å²) in [7, 11) is 0. The summed E-state index contributed by atoms with van der Waals surface area (Å²) in [6.07, 6.45) is -0.628. The van der Waals surface area contributed by atoms with Crippen LogP contribution in [0, 0.1) is 0 Å². The highest BCUT2D eigenvalue weighted by molar-refractivity contribution is 5.26. The summed E-state index contributed by atoms with van der Waals surface area (Å²) in [5.74, 6) is -25.2. The van der Waals surface area contributed by atoms with Crippen molar-refractivity contribution in [1.29, 1.82) is 0 Å². The van der Waals surface area contributed by atoms with Crippen molar-refractivity contribution in [2.45, 2.75) is 74.8 Å². The van der Waals surface area contributed by atoms with Gasteiger partial charge >= 0.3 is 23.7 Å². The molecule has 1 fully saturated rings. The Morgan fingerprint density at radius 3 is 1.29 bits per heavy atom. The Morgan fingerprint density at radius 1 is 0.524 bits per heavy atom. The monoisotopic (exact) mass is 330 g/mol. The first-order valence-corrected chi connectivity index (χ1v) is 6.51. The summed E-state index contributed by atoms with van der Waals surface area (Å²) in [6.45, 7) is 1.79. The summed E-state index contributed by atoms with van der Waals surface area (Å²) in [5, 5.41) is 0. The number of alkyl halides is 9. The van der Waals surface area contributed by atoms with Gasteiger partial charge in [0.05, 0.1) is 0 Å². The lowest BCUT2D eigenvalue weighted by atomic mass is 9.90. The zero-order valence-electron chi connectivity index (χ0n) is 11.1. The van der Waals surface area contributed by atoms with Gasteiger partial charge in [-0.3, -0.25) is 0 Å². The van der Waals surface area contributed by atoms with E-state index in [2.05, 4.69) is 0 Å². The fourth-order valence-electron chi connectivity index (χ4n) is 2.38. The highest BCUT2D eigenvalue weighted by atomic mass is 19.4. The van der Waals surface area contributed by atoms with Crippen LogP contribution in [0.2, 0.25) is 0 Å². The van der Waals surface area contributed by atoms with Crippen LogP contribution >= 0.6 is 0 Å². The highest BCUT2D eigenvalue weighted by Gasteiger charge is 2.99. The molecule has 21 heavy (non-hydrogen) atoms. The lowest BCUT2D eigenvalue weighted by molar-refractivity contribution is -0.303. The van der Waals surface area contributed by atoms with Gasteiger partial charge in [-0.15, -0.1) is 0 Å². The first-order chi connectivity index (χ1) is 9.31. The normalized spacial score (nSPS) is 27.7. The van der Waals surface area contributed by atoms with Gasteiger partial charge in [0, 0.05) is 0 Å². The van der Waals surface area contributed by atoms with Crippen molar-refractivity contribution in [2.24, 2.45) is 0 Å². The quantitative estimate of drug-likeness (QED) is 0.439. The van der Waals surface area contributed by atoms with Crippen molar-refractivity contribution in [1.82, 2.24) is 0 Å². The molecule has 0 aliphatic heterocycles. The molecule has 0 spiro atoms. The van der Waals surface area contributed by atoms with Crippen LogP contribution in [0.1, 0.15) is 45.4 Å². The van der Waals surface area contributed by atoms with Crippen molar-refractivity contribution in [3.63, 3.8) is 0 Å². The molecule has 0 bridgehead atoms. The Kier molecular flexibility index (Phi) is 4.58. The molecule has 126 valence electrons. The predicted molar refractivity (Wildman–Crippen MR) is 57.0 cm³/mol. The second kappa shape index (κ2) is 5.22. The van der Waals surface area contributed by atoms with Crippen molar-refractivity contribution >= 4 is 0 Å². The van der Waals surface area contributed by atoms with E-state index in [4.69, 9.17) is 0 Å². The van der Waals surface area contributed by atoms with Crippen LogP contribution in [0.25, 0.3) is 0 Å². The molecule has 9 heteroatoms. The van der Waals surface area contributed by atoms with E-state index in [1.165, 1.54) is 0 Å². The van der Waals surface area contributed by atoms with Gasteiger partial charge in [-0.1, -0.05) is 32.6 Å². The van der Waals surface area contributed by atoms with Crippen LogP contribution < -0.4 is 0 Å². The summed E-state index contributed by atoms with van der Waals surface area (Å²) in [5.41, 5.74) is -5.26. The third-order valence-corrected chi connectivity index (χ3v) is 3.80. The van der Waals surface area contributed by atoms with Gasteiger partial charge in [-0.2, -0.15) is 35.1 Å². The smallest absolute Gasteiger partial charge is 0.230 e. The first-order valence-electron chi connectivity index (χ1n) is 6.51. The second-order valence-corrected chi connectivity index (χ2v) is 5.26. The van der Waals surface area contributed by atoms with E-state index in [1.54, 1.807) is 6.92 Å². The molecule has 0 atom stereocenters. The number of hydrogen-bond acceptors (Lipinski definition) is 0. The SMILES string of the molecule is CCCCCCCC1(F)C(F)(F)C(F)(F)C(F)(F)C1(F)F. The van der Waals surface area contributed by atoms with Crippen LogP contribution in [0.4, 0.5) is 39.5 Å². The third kappa shape index (κ3) is 2.13. The van der Waals surface area contributed by atoms with Crippen LogP contribution in [0.5, 0.6) is 0 Å². The van der Waals surface area contributed by atoms with Gasteiger partial charge < -0.3 is 0 Å². The Bertz CT molecular complexity index is 349. The van der Waals surface area contributed by atoms with E-state index < -0.39 is 42.2 Å². The topological polar surface area (TPSA) is 0 Å². The Morgan fingerprint density at radius 2 is 0.905 bits per heavy atom. The molecule has 0 saturated heterocycles. The van der Waals surface area contributed by atoms with Crippen LogP contribution in [-0.4, -0.2) is 29.4 Å². The molecule has 0 heterocycles. The van der Waals surface area contributed by atoms with Crippen molar-refractivity contribution in [2.75, 3.05) is 0 Å². The van der Waals surface area contributed by atoms with Crippen LogP contribution in [-0.2, 0) is 0 Å². The van der Waals surface area contributed by atoms with Crippen molar-refractivity contribution < 1.29 is 39.5 Å². The lowest BCUT2D eigenvalue weighted by Crippen LogP contribution is -2.54. The molecular formula is C12H15F9. The molecule has 0 radical (unpaired) electrons. The van der Waals surface area contributed by atoms with Crippen molar-refractivity contribution in [3.05, 3.63) is 0 Å². The van der Waals surface area contributed by atoms with Gasteiger partial charge in [0.25, 0.3) is 0 Å². The molecule has 0 amide bonds. The van der Waals surface area contributed by atoms with E-state index in [-0.39, 0.29) is 6.42 Å². The standard InChI is InChI=1S/C12H15F9/c1-2-3-4-5-6-7-8(13)9(14,15)11(18,19)12(20,21)10(8,16)17/h2-7H2,1H3. The van der Waals surface area contributed by atoms with E-state index in [9.17, 15) is 39.5 Å². The predicted octanol–water partition coefficient (Wildman–Crippen LogP) is 5.61. The first kappa shape index (κ1) is 18.4. The van der Waals surface area contributed by atoms with Crippen molar-refractivity contribution in [3.8, 4) is 0 Å². The van der Waals surface area contributed by atoms with Crippen LogP contribution in [0.3, 0.4) is 0 Å². The highest BCUT2D eigenvalue weighted by Crippen LogP contribution is 2.70. The maximum absolute atomic E-state index is 13.9. The maximum atomic E-state index is 13.9. The number of halogens is 9. The molecule has 1 saturated carbocycles. The number of hydrogen-bond donors (Lipinski definition) is 0. The van der Waals surface area contributed by atoms with Gasteiger partial charge in [0.2, 0.25) is 5.67 Å². The molecule has 0 nitrogen and oxygen atoms in total. The minimum Gasteiger partial charge on any atom is -0.230 e. The zero-order valence-corrected chi connectivity index (χ0v) is 11.1. The second-order valence-electron chi connectivity index (χ2n) is 5.26. The Hall–Kier alpha value is -0.630. The summed E-state index contributed by atoms with van der Waals surface area (Å²) in [4.78, 5) is 0. The average Bonchev–Trinajstić information content (AvgIpc) is 2.40. The van der Waals surface area contributed by atoms with E-state index in [0.29, 0.717) is 19.3 Å². The molecule has 0 aromatic rings. The molecule has 1 aliphatic carbocycles. The molecular weight excluding hydrogens is 315 g/mol.